The molecule has 2 atom stereocenters. The van der Waals surface area contributed by atoms with E-state index in [1.807, 2.05) is 5.32 Å². The Balaban J connectivity index is 1.80. The summed E-state index contributed by atoms with van der Waals surface area (Å²) >= 11 is 0. The van der Waals surface area contributed by atoms with Crippen molar-refractivity contribution in [1.82, 2.24) is 10.2 Å². The van der Waals surface area contributed by atoms with Crippen molar-refractivity contribution < 1.29 is 54.8 Å². The van der Waals surface area contributed by atoms with Gasteiger partial charge in [0.15, 0.2) is 17.2 Å². The SMILES string of the molecule is NC1=[N+](c2ccc(F)cc2)N=CC1C(=O)NCC(O)(CN(CCF)C(=O)c1ccccc1OC(F)F)C(F)(F)F. The minimum absolute atomic E-state index is 0.232. The maximum absolute atomic E-state index is 14.0. The van der Waals surface area contributed by atoms with E-state index in [0.29, 0.717) is 0 Å². The maximum atomic E-state index is 14.0. The summed E-state index contributed by atoms with van der Waals surface area (Å²) in [6.45, 7) is -8.71. The second-order valence-corrected chi connectivity index (χ2v) is 8.49. The molecule has 0 fully saturated rings. The Bertz CT molecular complexity index is 1290. The van der Waals surface area contributed by atoms with E-state index in [1.54, 1.807) is 0 Å². The number of aliphatic hydroxyl groups is 1. The molecule has 1 aliphatic heterocycles. The first-order valence-corrected chi connectivity index (χ1v) is 11.5. The summed E-state index contributed by atoms with van der Waals surface area (Å²) < 4.78 is 99.1. The van der Waals surface area contributed by atoms with E-state index in [2.05, 4.69) is 9.84 Å². The quantitative estimate of drug-likeness (QED) is 0.280. The molecule has 1 heterocycles. The van der Waals surface area contributed by atoms with Crippen LogP contribution in [-0.4, -0.2) is 83.3 Å². The number of rotatable bonds is 11. The van der Waals surface area contributed by atoms with Gasteiger partial charge in [0, 0.05) is 6.54 Å². The second kappa shape index (κ2) is 12.3. The van der Waals surface area contributed by atoms with Crippen LogP contribution in [0.2, 0.25) is 0 Å². The molecule has 4 N–H and O–H groups in total. The van der Waals surface area contributed by atoms with Gasteiger partial charge in [-0.3, -0.25) is 15.3 Å². The predicted molar refractivity (Wildman–Crippen MR) is 126 cm³/mol. The molecule has 0 saturated carbocycles. The van der Waals surface area contributed by atoms with Crippen molar-refractivity contribution in [3.05, 3.63) is 59.9 Å². The molecule has 1 aliphatic rings. The van der Waals surface area contributed by atoms with Crippen molar-refractivity contribution in [3.8, 4) is 5.75 Å². The Morgan fingerprint density at radius 3 is 2.40 bits per heavy atom. The number of amides is 2. The number of alkyl halides is 6. The summed E-state index contributed by atoms with van der Waals surface area (Å²) in [5, 5.41) is 16.3. The van der Waals surface area contributed by atoms with Gasteiger partial charge in [-0.1, -0.05) is 17.2 Å². The van der Waals surface area contributed by atoms with Crippen molar-refractivity contribution >= 4 is 29.6 Å². The van der Waals surface area contributed by atoms with Gasteiger partial charge in [-0.05, 0) is 36.4 Å². The first kappa shape index (κ1) is 30.3. The van der Waals surface area contributed by atoms with Gasteiger partial charge >= 0.3 is 12.8 Å². The highest BCUT2D eigenvalue weighted by Crippen LogP contribution is 2.32. The number of carbonyl (C=O) groups is 2. The number of amidine groups is 1. The Morgan fingerprint density at radius 1 is 1.15 bits per heavy atom. The Labute approximate surface area is 222 Å². The smallest absolute Gasteiger partial charge is 0.420 e. The van der Waals surface area contributed by atoms with Gasteiger partial charge in [0.25, 0.3) is 11.7 Å². The zero-order chi connectivity index (χ0) is 29.7. The zero-order valence-electron chi connectivity index (χ0n) is 20.4. The molecule has 0 bridgehead atoms. The Morgan fingerprint density at radius 2 is 1.80 bits per heavy atom. The third-order valence-electron chi connectivity index (χ3n) is 5.76. The standard InChI is InChI=1S/C24H22F7N5O4/c25-9-10-35(21(38)16-3-1-2-4-18(16)40-22(27)28)13-23(39,24(29,30)31)12-33-20(37)17-11-34-36(19(17)32)15-7-5-14(26)6-8-15/h1-8,11,17,22,32,39H,9-10,12-13H2,(H,33,37)/p+1. The molecular weight excluding hydrogens is 555 g/mol. The number of ether oxygens (including phenoxy) is 1. The molecule has 3 rings (SSSR count). The summed E-state index contributed by atoms with van der Waals surface area (Å²) in [5.41, 5.74) is 1.77. The van der Waals surface area contributed by atoms with Crippen LogP contribution < -0.4 is 15.8 Å². The minimum atomic E-state index is -5.45. The zero-order valence-corrected chi connectivity index (χ0v) is 20.4. The van der Waals surface area contributed by atoms with Gasteiger partial charge in [-0.15, -0.1) is 4.68 Å². The van der Waals surface area contributed by atoms with Crippen LogP contribution in [0.4, 0.5) is 36.4 Å². The molecule has 0 radical (unpaired) electrons. The molecule has 0 aromatic heterocycles. The first-order chi connectivity index (χ1) is 18.8. The van der Waals surface area contributed by atoms with E-state index >= 15 is 0 Å². The van der Waals surface area contributed by atoms with Crippen molar-refractivity contribution in [2.24, 2.45) is 16.8 Å². The number of hydrogen-bond acceptors (Lipinski definition) is 6. The highest BCUT2D eigenvalue weighted by molar-refractivity contribution is 6.14. The molecule has 0 spiro atoms. The predicted octanol–water partition coefficient (Wildman–Crippen LogP) is 2.57. The number of nitrogens with two attached hydrogens (primary N) is 1. The minimum Gasteiger partial charge on any atom is -0.434 e. The summed E-state index contributed by atoms with van der Waals surface area (Å²) in [6, 6.07) is 9.16. The van der Waals surface area contributed by atoms with E-state index in [4.69, 9.17) is 5.73 Å². The van der Waals surface area contributed by atoms with Gasteiger partial charge in [-0.25, -0.2) is 8.78 Å². The molecule has 216 valence electrons. The molecule has 40 heavy (non-hydrogen) atoms. The molecule has 9 nitrogen and oxygen atoms in total. The fourth-order valence-electron chi connectivity index (χ4n) is 3.68. The molecule has 2 unspecified atom stereocenters. The molecular formula is C24H23F7N5O4+. The van der Waals surface area contributed by atoms with Crippen molar-refractivity contribution in [2.75, 3.05) is 26.3 Å². The highest BCUT2D eigenvalue weighted by Gasteiger charge is 2.55. The fourth-order valence-corrected chi connectivity index (χ4v) is 3.68. The monoisotopic (exact) mass is 578 g/mol. The molecule has 2 aromatic carbocycles. The number of carbonyl (C=O) groups excluding carboxylic acids is 2. The normalized spacial score (nSPS) is 16.7. The Kier molecular flexibility index (Phi) is 9.34. The number of nitrogens with one attached hydrogen (secondary N) is 1. The van der Waals surface area contributed by atoms with Crippen molar-refractivity contribution in [2.45, 2.75) is 18.4 Å². The van der Waals surface area contributed by atoms with Gasteiger partial charge in [0.05, 0.1) is 24.9 Å². The molecule has 16 heteroatoms. The fraction of sp³-hybridized carbons (Fsp3) is 0.333. The lowest BCUT2D eigenvalue weighted by Crippen LogP contribution is -2.61. The summed E-state index contributed by atoms with van der Waals surface area (Å²) in [5.74, 6) is -5.27. The molecule has 0 saturated heterocycles. The summed E-state index contributed by atoms with van der Waals surface area (Å²) in [7, 11) is 0. The van der Waals surface area contributed by atoms with E-state index < -0.39 is 79.6 Å². The topological polar surface area (TPSA) is 120 Å². The average molecular weight is 578 g/mol. The number of halogens is 7. The van der Waals surface area contributed by atoms with Gasteiger partial charge in [0.2, 0.25) is 5.91 Å². The van der Waals surface area contributed by atoms with E-state index in [9.17, 15) is 45.4 Å². The van der Waals surface area contributed by atoms with Crippen LogP contribution in [-0.2, 0) is 4.79 Å². The van der Waals surface area contributed by atoms with E-state index in [0.717, 1.165) is 35.2 Å². The first-order valence-electron chi connectivity index (χ1n) is 11.5. The van der Waals surface area contributed by atoms with Crippen LogP contribution in [0.15, 0.2) is 53.6 Å². The average Bonchev–Trinajstić information content (AvgIpc) is 3.27. The Hall–Kier alpha value is -4.21. The van der Waals surface area contributed by atoms with E-state index in [-0.39, 0.29) is 16.4 Å². The van der Waals surface area contributed by atoms with Gasteiger partial charge in [-0.2, -0.15) is 22.0 Å². The lowest BCUT2D eigenvalue weighted by atomic mass is 10.0. The number of hydrazone groups is 1. The van der Waals surface area contributed by atoms with Crippen molar-refractivity contribution in [1.29, 1.82) is 0 Å². The van der Waals surface area contributed by atoms with Crippen LogP contribution >= 0.6 is 0 Å². The molecule has 0 aliphatic carbocycles. The van der Waals surface area contributed by atoms with E-state index in [1.165, 1.54) is 24.3 Å². The number of para-hydroxylation sites is 1. The van der Waals surface area contributed by atoms with Gasteiger partial charge in [0.1, 0.15) is 18.2 Å². The summed E-state index contributed by atoms with van der Waals surface area (Å²) in [4.78, 5) is 25.9. The number of nitrogens with zero attached hydrogens (tertiary/aromatic N) is 3. The van der Waals surface area contributed by atoms with Crippen LogP contribution in [0.1, 0.15) is 10.4 Å². The molecule has 2 amide bonds. The van der Waals surface area contributed by atoms with Crippen molar-refractivity contribution in [3.63, 3.8) is 0 Å². The third kappa shape index (κ3) is 6.86. The highest BCUT2D eigenvalue weighted by atomic mass is 19.4. The second-order valence-electron chi connectivity index (χ2n) is 8.49. The van der Waals surface area contributed by atoms with Crippen LogP contribution in [0.3, 0.4) is 0 Å². The van der Waals surface area contributed by atoms with Crippen LogP contribution in [0.5, 0.6) is 5.75 Å². The largest absolute Gasteiger partial charge is 0.434 e. The van der Waals surface area contributed by atoms with Crippen LogP contribution in [0.25, 0.3) is 0 Å². The van der Waals surface area contributed by atoms with Crippen LogP contribution in [0, 0.1) is 11.7 Å². The lowest BCUT2D eigenvalue weighted by Gasteiger charge is -2.35. The molecule has 2 aromatic rings. The maximum Gasteiger partial charge on any atom is 0.420 e. The number of benzene rings is 2. The lowest BCUT2D eigenvalue weighted by molar-refractivity contribution is -0.443. The third-order valence-corrected chi connectivity index (χ3v) is 5.76. The van der Waals surface area contributed by atoms with Gasteiger partial charge < -0.3 is 20.1 Å². The number of hydrogen-bond donors (Lipinski definition) is 3. The summed E-state index contributed by atoms with van der Waals surface area (Å²) in [6.07, 6.45) is -4.44.